The second-order valence-corrected chi connectivity index (χ2v) is 11.4. The molecule has 6 nitrogen and oxygen atoms in total. The fourth-order valence-electron chi connectivity index (χ4n) is 4.45. The first-order valence-corrected chi connectivity index (χ1v) is 13.8. The lowest BCUT2D eigenvalue weighted by atomic mass is 9.86. The summed E-state index contributed by atoms with van der Waals surface area (Å²) < 4.78 is 62.9. The van der Waals surface area contributed by atoms with Crippen molar-refractivity contribution in [2.75, 3.05) is 17.2 Å². The highest BCUT2D eigenvalue weighted by atomic mass is 32.2. The van der Waals surface area contributed by atoms with Gasteiger partial charge in [0.05, 0.1) is 16.2 Å². The number of alkyl halides is 3. The maximum Gasteiger partial charge on any atom is 0.416 e. The van der Waals surface area contributed by atoms with Crippen molar-refractivity contribution in [2.45, 2.75) is 43.8 Å². The molecule has 1 atom stereocenters. The minimum Gasteiger partial charge on any atom is -0.348 e. The first-order chi connectivity index (χ1) is 17.9. The Labute approximate surface area is 219 Å². The number of rotatable bonds is 7. The molecule has 0 saturated carbocycles. The molecular formula is C28H27F3N2O4S. The molecule has 0 fully saturated rings. The Balaban J connectivity index is 1.53. The molecular weight excluding hydrogens is 517 g/mol. The highest BCUT2D eigenvalue weighted by Gasteiger charge is 2.34. The van der Waals surface area contributed by atoms with Crippen LogP contribution in [-0.4, -0.2) is 32.5 Å². The molecule has 0 spiro atoms. The first kappa shape index (κ1) is 27.4. The maximum atomic E-state index is 13.4. The van der Waals surface area contributed by atoms with Crippen LogP contribution in [0.3, 0.4) is 0 Å². The van der Waals surface area contributed by atoms with Gasteiger partial charge in [0.1, 0.15) is 0 Å². The smallest absolute Gasteiger partial charge is 0.348 e. The Bertz CT molecular complexity index is 1450. The summed E-state index contributed by atoms with van der Waals surface area (Å²) in [5.74, 6) is -0.840. The molecule has 2 amide bonds. The lowest BCUT2D eigenvalue weighted by Crippen LogP contribution is -2.40. The van der Waals surface area contributed by atoms with E-state index < -0.39 is 27.5 Å². The van der Waals surface area contributed by atoms with E-state index in [1.165, 1.54) is 35.2 Å². The molecule has 1 heterocycles. The minimum atomic E-state index is -4.47. The van der Waals surface area contributed by atoms with Crippen molar-refractivity contribution in [2.24, 2.45) is 0 Å². The van der Waals surface area contributed by atoms with Crippen LogP contribution in [0.1, 0.15) is 63.6 Å². The lowest BCUT2D eigenvalue weighted by molar-refractivity contribution is -0.137. The number of hydrogen-bond donors (Lipinski definition) is 1. The number of anilines is 1. The van der Waals surface area contributed by atoms with E-state index in [0.717, 1.165) is 17.7 Å². The van der Waals surface area contributed by atoms with Crippen LogP contribution >= 0.6 is 0 Å². The van der Waals surface area contributed by atoms with E-state index in [2.05, 4.69) is 5.32 Å². The molecule has 3 aromatic rings. The van der Waals surface area contributed by atoms with E-state index in [-0.39, 0.29) is 34.6 Å². The van der Waals surface area contributed by atoms with Crippen molar-refractivity contribution in [3.63, 3.8) is 0 Å². The highest BCUT2D eigenvalue weighted by Crippen LogP contribution is 2.36. The van der Waals surface area contributed by atoms with Crippen molar-refractivity contribution >= 4 is 27.3 Å². The lowest BCUT2D eigenvalue weighted by Gasteiger charge is -2.34. The maximum absolute atomic E-state index is 13.4. The van der Waals surface area contributed by atoms with E-state index in [4.69, 9.17) is 0 Å². The molecule has 0 bridgehead atoms. The average Bonchev–Trinajstić information content (AvgIpc) is 2.91. The zero-order valence-corrected chi connectivity index (χ0v) is 21.7. The van der Waals surface area contributed by atoms with Gasteiger partial charge in [0.15, 0.2) is 9.84 Å². The van der Waals surface area contributed by atoms with E-state index in [9.17, 15) is 31.2 Å². The third-order valence-corrected chi connectivity index (χ3v) is 8.50. The molecule has 3 aromatic carbocycles. The van der Waals surface area contributed by atoms with Crippen LogP contribution in [0.4, 0.5) is 18.9 Å². The average molecular weight is 545 g/mol. The first-order valence-electron chi connectivity index (χ1n) is 12.2. The van der Waals surface area contributed by atoms with Gasteiger partial charge in [-0.25, -0.2) is 8.42 Å². The Morgan fingerprint density at radius 2 is 1.66 bits per heavy atom. The Kier molecular flexibility index (Phi) is 7.64. The molecule has 1 N–H and O–H groups in total. The summed E-state index contributed by atoms with van der Waals surface area (Å²) in [7, 11) is -3.32. The Morgan fingerprint density at radius 1 is 1.00 bits per heavy atom. The van der Waals surface area contributed by atoms with Crippen molar-refractivity contribution < 1.29 is 31.2 Å². The molecule has 0 unspecified atom stereocenters. The molecule has 0 radical (unpaired) electrons. The summed E-state index contributed by atoms with van der Waals surface area (Å²) >= 11 is 0. The molecule has 10 heteroatoms. The third-order valence-electron chi connectivity index (χ3n) is 6.75. The van der Waals surface area contributed by atoms with Crippen molar-refractivity contribution in [3.8, 4) is 0 Å². The zero-order valence-electron chi connectivity index (χ0n) is 20.9. The van der Waals surface area contributed by atoms with Crippen LogP contribution in [0.5, 0.6) is 0 Å². The van der Waals surface area contributed by atoms with Crippen LogP contribution in [0, 0.1) is 0 Å². The van der Waals surface area contributed by atoms with Gasteiger partial charge in [-0.15, -0.1) is 0 Å². The van der Waals surface area contributed by atoms with Gasteiger partial charge < -0.3 is 10.2 Å². The van der Waals surface area contributed by atoms with Crippen LogP contribution in [-0.2, 0) is 22.6 Å². The topological polar surface area (TPSA) is 83.6 Å². The molecule has 1 aliphatic rings. The van der Waals surface area contributed by atoms with Crippen LogP contribution in [0.15, 0.2) is 71.6 Å². The van der Waals surface area contributed by atoms with Gasteiger partial charge in [0, 0.05) is 35.8 Å². The second-order valence-electron chi connectivity index (χ2n) is 9.10. The number of benzene rings is 3. The van der Waals surface area contributed by atoms with Gasteiger partial charge in [-0.1, -0.05) is 32.0 Å². The van der Waals surface area contributed by atoms with E-state index >= 15 is 0 Å². The number of nitrogens with zero attached hydrogens (tertiary/aromatic N) is 1. The Hall–Kier alpha value is -3.66. The fourth-order valence-corrected chi connectivity index (χ4v) is 5.34. The van der Waals surface area contributed by atoms with Crippen LogP contribution in [0.2, 0.25) is 0 Å². The number of nitrogens with one attached hydrogen (secondary N) is 1. The number of carbonyl (C=O) groups excluding carboxylic acids is 2. The SMILES string of the molecule is CC[C@@H]1CN(c2ccc(C(F)(F)F)cc2)C(=O)c2cc(C(=O)NCc3ccc(S(=O)(=O)CC)cc3)ccc21. The third kappa shape index (κ3) is 5.60. The number of amides is 2. The molecule has 4 rings (SSSR count). The summed E-state index contributed by atoms with van der Waals surface area (Å²) in [5, 5.41) is 2.78. The number of sulfone groups is 1. The summed E-state index contributed by atoms with van der Waals surface area (Å²) in [6.07, 6.45) is -3.77. The standard InChI is InChI=1S/C28H27F3N2O4S/c1-3-19-17-33(22-10-8-21(9-11-22)28(29,30)31)27(35)25-15-20(7-14-24(19)25)26(34)32-16-18-5-12-23(13-6-18)38(36,37)4-2/h5-15,19H,3-4,16-17H2,1-2H3,(H,32,34)/t19-/m1/s1. The molecule has 38 heavy (non-hydrogen) atoms. The van der Waals surface area contributed by atoms with Gasteiger partial charge in [-0.3, -0.25) is 9.59 Å². The van der Waals surface area contributed by atoms with Gasteiger partial charge in [-0.2, -0.15) is 13.2 Å². The van der Waals surface area contributed by atoms with E-state index in [1.807, 2.05) is 6.92 Å². The van der Waals surface area contributed by atoms with Crippen molar-refractivity contribution in [1.29, 1.82) is 0 Å². The summed E-state index contributed by atoms with van der Waals surface area (Å²) in [5.41, 5.74) is 1.68. The van der Waals surface area contributed by atoms with Gasteiger partial charge >= 0.3 is 6.18 Å². The quantitative estimate of drug-likeness (QED) is 0.421. The largest absolute Gasteiger partial charge is 0.416 e. The van der Waals surface area contributed by atoms with E-state index in [0.29, 0.717) is 29.8 Å². The molecule has 0 aromatic heterocycles. The monoisotopic (exact) mass is 544 g/mol. The molecule has 0 aliphatic carbocycles. The van der Waals surface area contributed by atoms with Gasteiger partial charge in [0.25, 0.3) is 11.8 Å². The van der Waals surface area contributed by atoms with E-state index in [1.54, 1.807) is 31.2 Å². The van der Waals surface area contributed by atoms with Crippen LogP contribution < -0.4 is 10.2 Å². The zero-order chi connectivity index (χ0) is 27.7. The molecule has 1 aliphatic heterocycles. The number of carbonyl (C=O) groups is 2. The highest BCUT2D eigenvalue weighted by molar-refractivity contribution is 7.91. The van der Waals surface area contributed by atoms with Gasteiger partial charge in [-0.05, 0) is 66.1 Å². The van der Waals surface area contributed by atoms with Crippen molar-refractivity contribution in [3.05, 3.63) is 94.5 Å². The normalized spacial score (nSPS) is 15.8. The molecule has 0 saturated heterocycles. The van der Waals surface area contributed by atoms with Crippen molar-refractivity contribution in [1.82, 2.24) is 5.32 Å². The fraction of sp³-hybridized carbons (Fsp3) is 0.286. The van der Waals surface area contributed by atoms with Crippen LogP contribution in [0.25, 0.3) is 0 Å². The summed E-state index contributed by atoms with van der Waals surface area (Å²) in [4.78, 5) is 27.9. The number of hydrogen-bond acceptors (Lipinski definition) is 4. The molecule has 200 valence electrons. The van der Waals surface area contributed by atoms with Gasteiger partial charge in [0.2, 0.25) is 0 Å². The number of halogens is 3. The Morgan fingerprint density at radius 3 is 2.24 bits per heavy atom. The predicted octanol–water partition coefficient (Wildman–Crippen LogP) is 5.58. The minimum absolute atomic E-state index is 0.00465. The predicted molar refractivity (Wildman–Crippen MR) is 138 cm³/mol. The second kappa shape index (κ2) is 10.6. The summed E-state index contributed by atoms with van der Waals surface area (Å²) in [6.45, 7) is 4.01. The summed E-state index contributed by atoms with van der Waals surface area (Å²) in [6, 6.07) is 15.7. The number of fused-ring (bicyclic) bond motifs is 1.